The number of hydrogen-bond acceptors (Lipinski definition) is 6. The number of nitrogens with zero attached hydrogens (tertiary/aromatic N) is 5. The molecule has 0 bridgehead atoms. The summed E-state index contributed by atoms with van der Waals surface area (Å²) < 4.78 is 29.1. The zero-order valence-electron chi connectivity index (χ0n) is 21.3. The second-order valence-electron chi connectivity index (χ2n) is 10.2. The monoisotopic (exact) mass is 527 g/mol. The molecule has 1 aromatic carbocycles. The summed E-state index contributed by atoms with van der Waals surface area (Å²) in [5, 5.41) is 9.42. The van der Waals surface area contributed by atoms with E-state index in [9.17, 15) is 27.9 Å². The Morgan fingerprint density at radius 2 is 1.86 bits per heavy atom. The van der Waals surface area contributed by atoms with Gasteiger partial charge in [-0.05, 0) is 57.7 Å². The van der Waals surface area contributed by atoms with Crippen LogP contribution in [0, 0.1) is 17.8 Å². The maximum Gasteiger partial charge on any atom is 0.412 e. The number of aromatic nitrogens is 4. The molecule has 1 amide bonds. The van der Waals surface area contributed by atoms with Crippen molar-refractivity contribution in [3.63, 3.8) is 0 Å². The number of imidazole rings is 1. The van der Waals surface area contributed by atoms with Gasteiger partial charge in [0.05, 0.1) is 12.3 Å². The van der Waals surface area contributed by atoms with Crippen LogP contribution in [0.5, 0.6) is 0 Å². The number of aryl methyl sites for hydroxylation is 1. The van der Waals surface area contributed by atoms with Crippen molar-refractivity contribution in [3.05, 3.63) is 50.7 Å². The molecule has 1 aliphatic carbocycles. The van der Waals surface area contributed by atoms with Crippen LogP contribution >= 0.6 is 0 Å². The highest BCUT2D eigenvalue weighted by molar-refractivity contribution is 7.91. The van der Waals surface area contributed by atoms with Crippen molar-refractivity contribution in [2.45, 2.75) is 50.9 Å². The Hall–Kier alpha value is -3.85. The fourth-order valence-electron chi connectivity index (χ4n) is 4.23. The van der Waals surface area contributed by atoms with E-state index in [1.54, 1.807) is 45.0 Å². The van der Waals surface area contributed by atoms with Crippen molar-refractivity contribution in [1.82, 2.24) is 18.7 Å². The molecule has 0 saturated heterocycles. The van der Waals surface area contributed by atoms with Gasteiger partial charge in [0.25, 0.3) is 5.56 Å². The third-order valence-corrected chi connectivity index (χ3v) is 8.01. The van der Waals surface area contributed by atoms with E-state index in [1.165, 1.54) is 28.1 Å². The van der Waals surface area contributed by atoms with Gasteiger partial charge in [-0.15, -0.1) is 0 Å². The summed E-state index contributed by atoms with van der Waals surface area (Å²) in [6.07, 6.45) is 0.582. The van der Waals surface area contributed by atoms with Crippen molar-refractivity contribution in [1.29, 1.82) is 0 Å². The quantitative estimate of drug-likeness (QED) is 0.501. The third kappa shape index (κ3) is 5.04. The predicted molar refractivity (Wildman–Crippen MR) is 139 cm³/mol. The third-order valence-electron chi connectivity index (χ3n) is 6.18. The summed E-state index contributed by atoms with van der Waals surface area (Å²) in [6.45, 7) is 5.18. The first-order chi connectivity index (χ1) is 17.2. The normalized spacial score (nSPS) is 13.9. The standard InChI is InChI=1S/C25H29N5O6S/c1-25(2,3)30(24(33)34)18-10-6-8-16(14-18)9-7-13-29-20-19(21(31)28(5)23(29)32)27(4)22(26-20)37(35,36)15-17-11-12-17/h6,8,10,14,17H,11-13,15H2,1-5H3,(H,33,34). The molecule has 0 radical (unpaired) electrons. The Balaban J connectivity index is 1.75. The van der Waals surface area contributed by atoms with E-state index in [1.807, 2.05) is 0 Å². The number of hydrogen-bond donors (Lipinski definition) is 1. The van der Waals surface area contributed by atoms with E-state index < -0.39 is 32.7 Å². The van der Waals surface area contributed by atoms with E-state index in [0.29, 0.717) is 11.3 Å². The molecule has 1 fully saturated rings. The van der Waals surface area contributed by atoms with Gasteiger partial charge in [-0.3, -0.25) is 18.8 Å². The van der Waals surface area contributed by atoms with Gasteiger partial charge in [-0.1, -0.05) is 17.9 Å². The molecule has 1 N–H and O–H groups in total. The fourth-order valence-corrected chi connectivity index (χ4v) is 6.06. The molecule has 2 aromatic heterocycles. The largest absolute Gasteiger partial charge is 0.465 e. The van der Waals surface area contributed by atoms with Crippen LogP contribution in [0.15, 0.2) is 39.0 Å². The Kier molecular flexibility index (Phi) is 6.54. The second-order valence-corrected chi connectivity index (χ2v) is 12.2. The summed E-state index contributed by atoms with van der Waals surface area (Å²) in [5.41, 5.74) is -1.06. The highest BCUT2D eigenvalue weighted by Crippen LogP contribution is 2.32. The van der Waals surface area contributed by atoms with Crippen LogP contribution in [0.2, 0.25) is 0 Å². The summed E-state index contributed by atoms with van der Waals surface area (Å²) in [4.78, 5) is 43.0. The van der Waals surface area contributed by atoms with E-state index in [2.05, 4.69) is 16.8 Å². The number of anilines is 1. The molecule has 196 valence electrons. The molecule has 12 heteroatoms. The second kappa shape index (κ2) is 9.23. The SMILES string of the molecule is Cn1c(=O)c2c(nc(S(=O)(=O)CC3CC3)n2C)n(CC#Cc2cccc(N(C(=O)O)C(C)(C)C)c2)c1=O. The molecule has 37 heavy (non-hydrogen) atoms. The first kappa shape index (κ1) is 26.2. The smallest absolute Gasteiger partial charge is 0.412 e. The van der Waals surface area contributed by atoms with Gasteiger partial charge in [-0.25, -0.2) is 18.0 Å². The number of carbonyl (C=O) groups is 1. The summed E-state index contributed by atoms with van der Waals surface area (Å²) in [6, 6.07) is 6.70. The van der Waals surface area contributed by atoms with Crippen molar-refractivity contribution >= 4 is 32.8 Å². The minimum Gasteiger partial charge on any atom is -0.465 e. The van der Waals surface area contributed by atoms with Gasteiger partial charge in [0.2, 0.25) is 15.0 Å². The molecular formula is C25H29N5O6S. The maximum atomic E-state index is 12.9. The first-order valence-electron chi connectivity index (χ1n) is 11.7. The fraction of sp³-hybridized carbons (Fsp3) is 0.440. The summed E-state index contributed by atoms with van der Waals surface area (Å²) in [5.74, 6) is 5.84. The molecule has 0 unspecified atom stereocenters. The van der Waals surface area contributed by atoms with Gasteiger partial charge in [0.15, 0.2) is 11.2 Å². The number of benzene rings is 1. The van der Waals surface area contributed by atoms with E-state index in [-0.39, 0.29) is 34.5 Å². The van der Waals surface area contributed by atoms with E-state index in [0.717, 1.165) is 17.4 Å². The highest BCUT2D eigenvalue weighted by Gasteiger charge is 2.33. The first-order valence-corrected chi connectivity index (χ1v) is 13.4. The van der Waals surface area contributed by atoms with Gasteiger partial charge < -0.3 is 9.67 Å². The number of fused-ring (bicyclic) bond motifs is 1. The number of rotatable bonds is 5. The molecule has 2 heterocycles. The van der Waals surface area contributed by atoms with E-state index >= 15 is 0 Å². The summed E-state index contributed by atoms with van der Waals surface area (Å²) in [7, 11) is -0.979. The van der Waals surface area contributed by atoms with Crippen molar-refractivity contribution < 1.29 is 18.3 Å². The Labute approximate surface area is 213 Å². The maximum absolute atomic E-state index is 12.9. The van der Waals surface area contributed by atoms with Crippen LogP contribution in [0.3, 0.4) is 0 Å². The average molecular weight is 528 g/mol. The molecule has 0 atom stereocenters. The Bertz CT molecular complexity index is 1690. The minimum atomic E-state index is -3.74. The molecule has 0 aliphatic heterocycles. The Morgan fingerprint density at radius 1 is 1.19 bits per heavy atom. The average Bonchev–Trinajstić information content (AvgIpc) is 3.52. The zero-order valence-corrected chi connectivity index (χ0v) is 22.2. The minimum absolute atomic E-state index is 0.00236. The number of amides is 1. The van der Waals surface area contributed by atoms with Crippen LogP contribution in [0.1, 0.15) is 39.2 Å². The van der Waals surface area contributed by atoms with Crippen LogP contribution in [0.4, 0.5) is 10.5 Å². The molecule has 3 aromatic rings. The number of carboxylic acid groups (broad SMARTS) is 1. The summed E-state index contributed by atoms with van der Waals surface area (Å²) >= 11 is 0. The van der Waals surface area contributed by atoms with Crippen molar-refractivity contribution in [2.24, 2.45) is 20.0 Å². The topological polar surface area (TPSA) is 137 Å². The highest BCUT2D eigenvalue weighted by atomic mass is 32.2. The van der Waals surface area contributed by atoms with Crippen LogP contribution in [0.25, 0.3) is 11.2 Å². The van der Waals surface area contributed by atoms with Crippen LogP contribution < -0.4 is 16.1 Å². The lowest BCUT2D eigenvalue weighted by molar-refractivity contribution is 0.195. The lowest BCUT2D eigenvalue weighted by atomic mass is 10.0. The van der Waals surface area contributed by atoms with Gasteiger partial charge >= 0.3 is 11.8 Å². The molecule has 1 saturated carbocycles. The van der Waals surface area contributed by atoms with Crippen LogP contribution in [-0.2, 0) is 30.5 Å². The lowest BCUT2D eigenvalue weighted by Gasteiger charge is -2.33. The Morgan fingerprint density at radius 3 is 2.46 bits per heavy atom. The van der Waals surface area contributed by atoms with Crippen molar-refractivity contribution in [2.75, 3.05) is 10.7 Å². The zero-order chi connectivity index (χ0) is 27.3. The lowest BCUT2D eigenvalue weighted by Crippen LogP contribution is -2.45. The molecule has 1 aliphatic rings. The van der Waals surface area contributed by atoms with Gasteiger partial charge in [0.1, 0.15) is 0 Å². The van der Waals surface area contributed by atoms with Crippen molar-refractivity contribution in [3.8, 4) is 11.8 Å². The van der Waals surface area contributed by atoms with Gasteiger partial charge in [0, 0.05) is 30.9 Å². The van der Waals surface area contributed by atoms with E-state index in [4.69, 9.17) is 0 Å². The predicted octanol–water partition coefficient (Wildman–Crippen LogP) is 1.95. The molecule has 4 rings (SSSR count). The molecular weight excluding hydrogens is 498 g/mol. The molecule has 11 nitrogen and oxygen atoms in total. The van der Waals surface area contributed by atoms with Crippen LogP contribution in [-0.4, -0.2) is 49.6 Å². The number of sulfone groups is 1. The van der Waals surface area contributed by atoms with Gasteiger partial charge in [-0.2, -0.15) is 4.98 Å². The molecule has 0 spiro atoms.